The predicted molar refractivity (Wildman–Crippen MR) is 130 cm³/mol. The van der Waals surface area contributed by atoms with Crippen molar-refractivity contribution < 1.29 is 17.9 Å². The molecule has 0 aliphatic heterocycles. The van der Waals surface area contributed by atoms with Crippen molar-refractivity contribution in [3.63, 3.8) is 0 Å². The number of hydrogen-bond acceptors (Lipinski definition) is 6. The van der Waals surface area contributed by atoms with Crippen molar-refractivity contribution in [2.75, 3.05) is 0 Å². The summed E-state index contributed by atoms with van der Waals surface area (Å²) >= 11 is 5.07. The molecule has 3 aliphatic rings. The second-order valence-corrected chi connectivity index (χ2v) is 12.7. The number of alkyl carbamates (subject to hydrolysis) is 1. The number of amides is 1. The molecule has 174 valence electrons. The zero-order valence-corrected chi connectivity index (χ0v) is 21.4. The van der Waals surface area contributed by atoms with Crippen molar-refractivity contribution in [1.29, 1.82) is 0 Å². The Morgan fingerprint density at radius 2 is 1.97 bits per heavy atom. The fraction of sp³-hybridized carbons (Fsp3) is 0.591. The number of thiazole rings is 1. The van der Waals surface area contributed by atoms with Gasteiger partial charge >= 0.3 is 6.09 Å². The first-order valence-electron chi connectivity index (χ1n) is 11.0. The topological polar surface area (TPSA) is 97.7 Å². The Bertz CT molecular complexity index is 1050. The average molecular weight is 543 g/mol. The minimum Gasteiger partial charge on any atom is -0.447 e. The Morgan fingerprint density at radius 3 is 2.62 bits per heavy atom. The van der Waals surface area contributed by atoms with E-state index in [0.29, 0.717) is 24.5 Å². The highest BCUT2D eigenvalue weighted by molar-refractivity contribution is 9.11. The Kier molecular flexibility index (Phi) is 7.21. The lowest BCUT2D eigenvalue weighted by atomic mass is 9.86. The van der Waals surface area contributed by atoms with E-state index in [9.17, 15) is 13.2 Å². The maximum atomic E-state index is 12.5. The molecular formula is C22H28BrN3O4S2. The third-order valence-corrected chi connectivity index (χ3v) is 9.34. The second-order valence-electron chi connectivity index (χ2n) is 8.84. The van der Waals surface area contributed by atoms with Gasteiger partial charge in [-0.05, 0) is 58.4 Å². The standard InChI is InChI=1S/C22H28BrN3O4S2/c1-13(2)30-22(27)25-16-6-3-14(4-7-16)21-24-12-20(31-21)18-10-5-15(23)11-19(18)26-32(28,29)17-8-9-17/h5,10-14,16-18H,3-4,6-9H2,1-2H3,(H,25,27). The van der Waals surface area contributed by atoms with E-state index in [0.717, 1.165) is 40.1 Å². The summed E-state index contributed by atoms with van der Waals surface area (Å²) in [5, 5.41) is 3.69. The molecule has 10 heteroatoms. The number of sulfonamides is 1. The molecule has 1 heterocycles. The molecule has 2 fully saturated rings. The van der Waals surface area contributed by atoms with Crippen molar-refractivity contribution in [3.8, 4) is 0 Å². The van der Waals surface area contributed by atoms with E-state index >= 15 is 0 Å². The van der Waals surface area contributed by atoms with Crippen molar-refractivity contribution >= 4 is 49.1 Å². The number of halogens is 1. The highest BCUT2D eigenvalue weighted by Crippen LogP contribution is 2.39. The number of carbonyl (C=O) groups excluding carboxylic acids is 1. The average Bonchev–Trinajstić information content (AvgIpc) is 3.47. The largest absolute Gasteiger partial charge is 0.447 e. The molecule has 1 unspecified atom stereocenters. The summed E-state index contributed by atoms with van der Waals surface area (Å²) in [7, 11) is -3.46. The van der Waals surface area contributed by atoms with E-state index < -0.39 is 10.0 Å². The van der Waals surface area contributed by atoms with Crippen LogP contribution in [-0.2, 0) is 14.8 Å². The van der Waals surface area contributed by atoms with Crippen LogP contribution in [0.5, 0.6) is 0 Å². The number of ether oxygens (including phenoxy) is 1. The van der Waals surface area contributed by atoms with Gasteiger partial charge in [0.1, 0.15) is 0 Å². The maximum Gasteiger partial charge on any atom is 0.407 e. The number of allylic oxidation sites excluding steroid dienone is 4. The Hall–Kier alpha value is -1.52. The molecule has 0 aromatic carbocycles. The van der Waals surface area contributed by atoms with Gasteiger partial charge in [0.05, 0.1) is 28.0 Å². The molecule has 7 nitrogen and oxygen atoms in total. The Balaban J connectivity index is 1.42. The first-order valence-corrected chi connectivity index (χ1v) is 14.1. The summed E-state index contributed by atoms with van der Waals surface area (Å²) in [5.41, 5.74) is 0.540. The van der Waals surface area contributed by atoms with Crippen LogP contribution < -0.4 is 5.32 Å². The SMILES string of the molecule is CC(C)OC(=O)NC1CCC(c2ncc(C3C=CC(Br)=CC3=NS(=O)(=O)C3CC3)s2)CC1. The van der Waals surface area contributed by atoms with E-state index in [1.54, 1.807) is 17.4 Å². The van der Waals surface area contributed by atoms with E-state index in [1.165, 1.54) is 0 Å². The monoisotopic (exact) mass is 541 g/mol. The molecule has 0 saturated heterocycles. The summed E-state index contributed by atoms with van der Waals surface area (Å²) < 4.78 is 35.1. The molecule has 1 atom stereocenters. The highest BCUT2D eigenvalue weighted by Gasteiger charge is 2.36. The number of rotatable bonds is 6. The molecule has 1 aromatic rings. The van der Waals surface area contributed by atoms with Crippen LogP contribution in [0.3, 0.4) is 0 Å². The summed E-state index contributed by atoms with van der Waals surface area (Å²) in [4.78, 5) is 17.5. The van der Waals surface area contributed by atoms with Crippen LogP contribution in [0, 0.1) is 0 Å². The minimum absolute atomic E-state index is 0.128. The normalized spacial score (nSPS) is 27.4. The smallest absolute Gasteiger partial charge is 0.407 e. The molecular weight excluding hydrogens is 514 g/mol. The lowest BCUT2D eigenvalue weighted by Gasteiger charge is -2.28. The molecule has 2 saturated carbocycles. The number of carbonyl (C=O) groups is 1. The van der Waals surface area contributed by atoms with Crippen molar-refractivity contribution in [2.45, 2.75) is 81.6 Å². The van der Waals surface area contributed by atoms with Gasteiger partial charge in [-0.3, -0.25) is 0 Å². The first-order chi connectivity index (χ1) is 15.2. The summed E-state index contributed by atoms with van der Waals surface area (Å²) in [6.45, 7) is 3.67. The molecule has 3 aliphatic carbocycles. The molecule has 0 radical (unpaired) electrons. The van der Waals surface area contributed by atoms with E-state index in [1.807, 2.05) is 32.2 Å². The van der Waals surface area contributed by atoms with Crippen LogP contribution in [-0.4, -0.2) is 42.6 Å². The third kappa shape index (κ3) is 5.88. The predicted octanol–water partition coefficient (Wildman–Crippen LogP) is 5.17. The van der Waals surface area contributed by atoms with Crippen molar-refractivity contribution in [2.24, 2.45) is 4.40 Å². The van der Waals surface area contributed by atoms with Gasteiger partial charge in [0, 0.05) is 27.5 Å². The van der Waals surface area contributed by atoms with E-state index in [-0.39, 0.29) is 29.4 Å². The summed E-state index contributed by atoms with van der Waals surface area (Å²) in [6, 6.07) is 0.132. The lowest BCUT2D eigenvalue weighted by Crippen LogP contribution is -2.38. The Labute approximate surface area is 201 Å². The minimum atomic E-state index is -3.46. The van der Waals surface area contributed by atoms with Crippen LogP contribution in [0.25, 0.3) is 0 Å². The number of nitrogens with zero attached hydrogens (tertiary/aromatic N) is 2. The van der Waals surface area contributed by atoms with Gasteiger partial charge in [0.15, 0.2) is 0 Å². The fourth-order valence-electron chi connectivity index (χ4n) is 4.01. The summed E-state index contributed by atoms with van der Waals surface area (Å²) in [5.74, 6) is 0.137. The first kappa shape index (κ1) is 23.6. The molecule has 1 amide bonds. The highest BCUT2D eigenvalue weighted by atomic mass is 79.9. The quantitative estimate of drug-likeness (QED) is 0.535. The van der Waals surface area contributed by atoms with Gasteiger partial charge < -0.3 is 10.1 Å². The van der Waals surface area contributed by atoms with Gasteiger partial charge in [-0.15, -0.1) is 11.3 Å². The molecule has 0 spiro atoms. The maximum absolute atomic E-state index is 12.5. The number of hydrogen-bond donors (Lipinski definition) is 1. The zero-order valence-electron chi connectivity index (χ0n) is 18.2. The van der Waals surface area contributed by atoms with Crippen molar-refractivity contribution in [1.82, 2.24) is 10.3 Å². The molecule has 32 heavy (non-hydrogen) atoms. The van der Waals surface area contributed by atoms with Gasteiger partial charge in [-0.1, -0.05) is 28.1 Å². The van der Waals surface area contributed by atoms with Crippen LogP contribution in [0.4, 0.5) is 4.79 Å². The molecule has 1 aromatic heterocycles. The van der Waals surface area contributed by atoms with E-state index in [2.05, 4.69) is 30.6 Å². The molecule has 4 rings (SSSR count). The van der Waals surface area contributed by atoms with Crippen LogP contribution >= 0.6 is 27.3 Å². The van der Waals surface area contributed by atoms with Crippen LogP contribution in [0.15, 0.2) is 33.3 Å². The lowest BCUT2D eigenvalue weighted by molar-refractivity contribution is 0.109. The Morgan fingerprint density at radius 1 is 1.25 bits per heavy atom. The summed E-state index contributed by atoms with van der Waals surface area (Å²) in [6.07, 6.45) is 12.1. The van der Waals surface area contributed by atoms with Gasteiger partial charge in [-0.25, -0.2) is 18.2 Å². The van der Waals surface area contributed by atoms with Gasteiger partial charge in [-0.2, -0.15) is 4.40 Å². The van der Waals surface area contributed by atoms with E-state index in [4.69, 9.17) is 4.74 Å². The van der Waals surface area contributed by atoms with Gasteiger partial charge in [0.2, 0.25) is 0 Å². The van der Waals surface area contributed by atoms with Crippen molar-refractivity contribution in [3.05, 3.63) is 38.8 Å². The molecule has 0 bridgehead atoms. The van der Waals surface area contributed by atoms with Crippen LogP contribution in [0.2, 0.25) is 0 Å². The zero-order chi connectivity index (χ0) is 22.9. The van der Waals surface area contributed by atoms with Crippen LogP contribution in [0.1, 0.15) is 74.1 Å². The van der Waals surface area contributed by atoms with Gasteiger partial charge in [0.25, 0.3) is 10.0 Å². The second kappa shape index (κ2) is 9.77. The fourth-order valence-corrected chi connectivity index (χ4v) is 6.92. The molecule has 1 N–H and O–H groups in total. The number of nitrogens with one attached hydrogen (secondary N) is 1. The third-order valence-electron chi connectivity index (χ3n) is 5.82. The number of aromatic nitrogens is 1.